The first-order valence-electron chi connectivity index (χ1n) is 9.99. The van der Waals surface area contributed by atoms with Crippen molar-refractivity contribution in [3.05, 3.63) is 36.0 Å². The molecule has 2 aromatic heterocycles. The number of amides is 2. The summed E-state index contributed by atoms with van der Waals surface area (Å²) < 4.78 is 32.3. The van der Waals surface area contributed by atoms with Gasteiger partial charge in [-0.05, 0) is 18.8 Å². The van der Waals surface area contributed by atoms with Gasteiger partial charge in [0.15, 0.2) is 0 Å². The zero-order valence-corrected chi connectivity index (χ0v) is 18.0. The Morgan fingerprint density at radius 1 is 1.29 bits per heavy atom. The molecule has 1 aliphatic rings. The standard InChI is InChI=1S/C20H24ClF2N5O3/c1-12(2)15-7-17(31-27-15)28(16(29)8-21)18(13-9-24-11-25-10-13)19(30)26-14-3-5-20(22,23)6-4-14/h7,9-12,14,18H,3-6,8H2,1-2H3,(H,26,30). The highest BCUT2D eigenvalue weighted by Gasteiger charge is 2.39. The van der Waals surface area contributed by atoms with Crippen molar-refractivity contribution in [3.8, 4) is 0 Å². The summed E-state index contributed by atoms with van der Waals surface area (Å²) in [5.74, 6) is -4.21. The molecule has 3 rings (SSSR count). The Labute approximate surface area is 183 Å². The molecule has 2 heterocycles. The van der Waals surface area contributed by atoms with Crippen LogP contribution in [0.25, 0.3) is 0 Å². The molecule has 168 valence electrons. The molecule has 0 spiro atoms. The third-order valence-corrected chi connectivity index (χ3v) is 5.42. The van der Waals surface area contributed by atoms with E-state index in [0.717, 1.165) is 4.90 Å². The molecule has 2 aromatic rings. The maximum absolute atomic E-state index is 13.5. The van der Waals surface area contributed by atoms with E-state index in [9.17, 15) is 18.4 Å². The first-order chi connectivity index (χ1) is 14.7. The van der Waals surface area contributed by atoms with Crippen LogP contribution in [-0.2, 0) is 9.59 Å². The van der Waals surface area contributed by atoms with Gasteiger partial charge in [0, 0.05) is 42.9 Å². The molecule has 11 heteroatoms. The zero-order valence-electron chi connectivity index (χ0n) is 17.2. The first kappa shape index (κ1) is 23.1. The Bertz CT molecular complexity index is 899. The van der Waals surface area contributed by atoms with E-state index in [1.165, 1.54) is 18.7 Å². The monoisotopic (exact) mass is 455 g/mol. The largest absolute Gasteiger partial charge is 0.351 e. The smallest absolute Gasteiger partial charge is 0.248 e. The van der Waals surface area contributed by atoms with Crippen LogP contribution in [0.4, 0.5) is 14.7 Å². The Morgan fingerprint density at radius 3 is 2.48 bits per heavy atom. The average molecular weight is 456 g/mol. The summed E-state index contributed by atoms with van der Waals surface area (Å²) in [6.07, 6.45) is 3.77. The molecule has 31 heavy (non-hydrogen) atoms. The number of hydrogen-bond donors (Lipinski definition) is 1. The number of carbonyl (C=O) groups excluding carboxylic acids is 2. The van der Waals surface area contributed by atoms with Crippen molar-refractivity contribution in [1.29, 1.82) is 0 Å². The number of carbonyl (C=O) groups is 2. The molecule has 1 saturated carbocycles. The van der Waals surface area contributed by atoms with Gasteiger partial charge in [0.25, 0.3) is 0 Å². The van der Waals surface area contributed by atoms with E-state index in [1.807, 2.05) is 13.8 Å². The number of halogens is 3. The summed E-state index contributed by atoms with van der Waals surface area (Å²) in [5, 5.41) is 6.75. The molecule has 2 amide bonds. The van der Waals surface area contributed by atoms with Crippen LogP contribution < -0.4 is 10.2 Å². The van der Waals surface area contributed by atoms with Gasteiger partial charge in [0.2, 0.25) is 23.6 Å². The van der Waals surface area contributed by atoms with Gasteiger partial charge in [-0.15, -0.1) is 11.6 Å². The van der Waals surface area contributed by atoms with E-state index < -0.39 is 35.7 Å². The number of anilines is 1. The molecular formula is C20H24ClF2N5O3. The maximum atomic E-state index is 13.5. The second kappa shape index (κ2) is 9.67. The molecule has 1 fully saturated rings. The minimum Gasteiger partial charge on any atom is -0.351 e. The summed E-state index contributed by atoms with van der Waals surface area (Å²) >= 11 is 5.83. The lowest BCUT2D eigenvalue weighted by Crippen LogP contribution is -2.48. The Morgan fingerprint density at radius 2 is 1.94 bits per heavy atom. The zero-order chi connectivity index (χ0) is 22.6. The van der Waals surface area contributed by atoms with Crippen molar-refractivity contribution in [2.24, 2.45) is 0 Å². The fourth-order valence-corrected chi connectivity index (χ4v) is 3.59. The molecule has 1 aliphatic carbocycles. The second-order valence-electron chi connectivity index (χ2n) is 7.86. The van der Waals surface area contributed by atoms with Gasteiger partial charge in [-0.2, -0.15) is 0 Å². The Hall–Kier alpha value is -2.62. The predicted molar refractivity (Wildman–Crippen MR) is 109 cm³/mol. The van der Waals surface area contributed by atoms with E-state index >= 15 is 0 Å². The average Bonchev–Trinajstić information content (AvgIpc) is 3.23. The fourth-order valence-electron chi connectivity index (χ4n) is 3.46. The van der Waals surface area contributed by atoms with E-state index in [0.29, 0.717) is 11.3 Å². The lowest BCUT2D eigenvalue weighted by molar-refractivity contribution is -0.127. The highest BCUT2D eigenvalue weighted by molar-refractivity contribution is 6.29. The van der Waals surface area contributed by atoms with Crippen LogP contribution >= 0.6 is 11.6 Å². The highest BCUT2D eigenvalue weighted by atomic mass is 35.5. The SMILES string of the molecule is CC(C)c1cc(N(C(=O)CCl)C(C(=O)NC2CCC(F)(F)CC2)c2cncnc2)on1. The van der Waals surface area contributed by atoms with Crippen LogP contribution in [0.3, 0.4) is 0 Å². The quantitative estimate of drug-likeness (QED) is 0.640. The third kappa shape index (κ3) is 5.55. The van der Waals surface area contributed by atoms with Crippen molar-refractivity contribution in [1.82, 2.24) is 20.4 Å². The molecule has 8 nitrogen and oxygen atoms in total. The van der Waals surface area contributed by atoms with Crippen LogP contribution in [-0.4, -0.2) is 44.8 Å². The van der Waals surface area contributed by atoms with Crippen LogP contribution in [0.1, 0.15) is 62.7 Å². The van der Waals surface area contributed by atoms with Gasteiger partial charge in [-0.1, -0.05) is 19.0 Å². The summed E-state index contributed by atoms with van der Waals surface area (Å²) in [6, 6.07) is -0.0728. The normalized spacial score (nSPS) is 17.4. The van der Waals surface area contributed by atoms with Crippen molar-refractivity contribution < 1.29 is 22.9 Å². The highest BCUT2D eigenvalue weighted by Crippen LogP contribution is 2.34. The maximum Gasteiger partial charge on any atom is 0.248 e. The van der Waals surface area contributed by atoms with Crippen LogP contribution in [0.15, 0.2) is 29.3 Å². The number of nitrogens with zero attached hydrogens (tertiary/aromatic N) is 4. The molecule has 0 aromatic carbocycles. The molecule has 1 N–H and O–H groups in total. The van der Waals surface area contributed by atoms with Gasteiger partial charge in [0.05, 0.1) is 5.69 Å². The number of rotatable bonds is 7. The topological polar surface area (TPSA) is 101 Å². The van der Waals surface area contributed by atoms with Crippen LogP contribution in [0.2, 0.25) is 0 Å². The summed E-state index contributed by atoms with van der Waals surface area (Å²) in [6.45, 7) is 3.81. The molecule has 1 atom stereocenters. The van der Waals surface area contributed by atoms with Crippen LogP contribution in [0.5, 0.6) is 0 Å². The van der Waals surface area contributed by atoms with Crippen molar-refractivity contribution in [3.63, 3.8) is 0 Å². The third-order valence-electron chi connectivity index (χ3n) is 5.19. The molecule has 0 aliphatic heterocycles. The van der Waals surface area contributed by atoms with Crippen molar-refractivity contribution in [2.75, 3.05) is 10.8 Å². The molecule has 0 saturated heterocycles. The molecule has 0 radical (unpaired) electrons. The summed E-state index contributed by atoms with van der Waals surface area (Å²) in [4.78, 5) is 35.1. The molecule has 0 bridgehead atoms. The van der Waals surface area contributed by atoms with E-state index in [-0.39, 0.29) is 37.5 Å². The number of nitrogens with one attached hydrogen (secondary N) is 1. The Kier molecular flexibility index (Phi) is 7.19. The van der Waals surface area contributed by atoms with Gasteiger partial charge in [-0.25, -0.2) is 18.7 Å². The van der Waals surface area contributed by atoms with Crippen LogP contribution in [0, 0.1) is 0 Å². The van der Waals surface area contributed by atoms with E-state index in [4.69, 9.17) is 16.1 Å². The summed E-state index contributed by atoms with van der Waals surface area (Å²) in [7, 11) is 0. The first-order valence-corrected chi connectivity index (χ1v) is 10.5. The lowest BCUT2D eigenvalue weighted by Gasteiger charge is -2.32. The van der Waals surface area contributed by atoms with Gasteiger partial charge >= 0.3 is 0 Å². The fraction of sp³-hybridized carbons (Fsp3) is 0.550. The van der Waals surface area contributed by atoms with Gasteiger partial charge in [-0.3, -0.25) is 14.5 Å². The minimum atomic E-state index is -2.72. The van der Waals surface area contributed by atoms with Crippen molar-refractivity contribution >= 4 is 29.3 Å². The van der Waals surface area contributed by atoms with Gasteiger partial charge < -0.3 is 9.84 Å². The number of aromatic nitrogens is 3. The van der Waals surface area contributed by atoms with E-state index in [2.05, 4.69) is 20.4 Å². The predicted octanol–water partition coefficient (Wildman–Crippen LogP) is 3.60. The molecular weight excluding hydrogens is 432 g/mol. The lowest BCUT2D eigenvalue weighted by atomic mass is 9.92. The minimum absolute atomic E-state index is 0.0293. The Balaban J connectivity index is 1.93. The van der Waals surface area contributed by atoms with Crippen molar-refractivity contribution in [2.45, 2.75) is 63.5 Å². The van der Waals surface area contributed by atoms with Gasteiger partial charge in [0.1, 0.15) is 18.2 Å². The number of alkyl halides is 3. The molecule has 1 unspecified atom stereocenters. The summed E-state index contributed by atoms with van der Waals surface area (Å²) in [5.41, 5.74) is 0.919. The second-order valence-corrected chi connectivity index (χ2v) is 8.12. The van der Waals surface area contributed by atoms with E-state index in [1.54, 1.807) is 6.07 Å². The number of hydrogen-bond acceptors (Lipinski definition) is 6.